The summed E-state index contributed by atoms with van der Waals surface area (Å²) in [5.74, 6) is -0.270. The van der Waals surface area contributed by atoms with E-state index >= 15 is 0 Å². The molecule has 198 valence electrons. The van der Waals surface area contributed by atoms with Crippen molar-refractivity contribution in [2.24, 2.45) is 0 Å². The van der Waals surface area contributed by atoms with Gasteiger partial charge in [0, 0.05) is 27.4 Å². The molecule has 1 aromatic carbocycles. The van der Waals surface area contributed by atoms with Gasteiger partial charge in [-0.1, -0.05) is 12.1 Å². The predicted octanol–water partition coefficient (Wildman–Crippen LogP) is 0.276. The van der Waals surface area contributed by atoms with Crippen LogP contribution in [0, 0.1) is 6.92 Å². The Kier molecular flexibility index (Phi) is 8.11. The van der Waals surface area contributed by atoms with Gasteiger partial charge in [-0.15, -0.1) is 11.8 Å². The maximum atomic E-state index is 12.8. The number of nitrogens with one attached hydrogen (secondary N) is 1. The molecule has 2 N–H and O–H groups in total. The molecule has 5 rings (SSSR count). The number of hydrogen-bond donors (Lipinski definition) is 2. The number of fused-ring (bicyclic) bond motifs is 1. The predicted molar refractivity (Wildman–Crippen MR) is 174 cm³/mol. The minimum atomic E-state index is -2.69. The molecule has 1 fully saturated rings. The summed E-state index contributed by atoms with van der Waals surface area (Å²) >= 11 is 1.58. The molecule has 1 atom stereocenters. The highest BCUT2D eigenvalue weighted by molar-refractivity contribution is 7.98. The van der Waals surface area contributed by atoms with Gasteiger partial charge in [0.25, 0.3) is 5.91 Å². The number of benzene rings is 1. The van der Waals surface area contributed by atoms with Gasteiger partial charge in [-0.25, -0.2) is 9.97 Å². The summed E-state index contributed by atoms with van der Waals surface area (Å²) < 4.78 is 5.16. The van der Waals surface area contributed by atoms with Crippen LogP contribution in [0.4, 0.5) is 5.82 Å². The van der Waals surface area contributed by atoms with Gasteiger partial charge < -0.3 is 20.1 Å². The maximum Gasteiger partial charge on any atom is 0.251 e. The van der Waals surface area contributed by atoms with Crippen LogP contribution >= 0.6 is 11.8 Å². The number of aromatic nitrogens is 3. The maximum absolute atomic E-state index is 12.8. The van der Waals surface area contributed by atoms with Gasteiger partial charge in [0.15, 0.2) is 0 Å². The summed E-state index contributed by atoms with van der Waals surface area (Å²) in [5.41, 5.74) is 0.986. The summed E-state index contributed by atoms with van der Waals surface area (Å²) in [5, 5.41) is 7.58. The smallest absolute Gasteiger partial charge is 0.251 e. The van der Waals surface area contributed by atoms with Crippen molar-refractivity contribution in [3.8, 4) is 11.4 Å². The highest BCUT2D eigenvalue weighted by Gasteiger charge is 2.59. The summed E-state index contributed by atoms with van der Waals surface area (Å²) in [6.45, 7) is 2.19. The lowest BCUT2D eigenvalue weighted by Gasteiger charge is -2.68. The van der Waals surface area contributed by atoms with Crippen molar-refractivity contribution in [1.29, 1.82) is 0 Å². The number of rotatable bonds is 6. The molecule has 4 heterocycles. The Labute approximate surface area is 263 Å². The number of hydrogen-bond acceptors (Lipinski definition) is 8. The van der Waals surface area contributed by atoms with Crippen LogP contribution in [0.15, 0.2) is 65.7 Å². The van der Waals surface area contributed by atoms with Crippen LogP contribution in [-0.4, -0.2) is 109 Å². The molecule has 16 heteroatoms. The first-order chi connectivity index (χ1) is 20.1. The highest BCUT2D eigenvalue weighted by atomic mass is 32.2. The van der Waals surface area contributed by atoms with Crippen LogP contribution in [0.3, 0.4) is 0 Å². The molecule has 0 spiro atoms. The van der Waals surface area contributed by atoms with E-state index in [4.69, 9.17) is 64.6 Å². The van der Waals surface area contributed by atoms with E-state index in [-0.39, 0.29) is 18.3 Å². The normalized spacial score (nSPS) is 20.5. The molecule has 0 saturated carbocycles. The Morgan fingerprint density at radius 3 is 2.42 bits per heavy atom. The molecule has 0 bridgehead atoms. The standard InChI is InChI=1S/C27H20B7N5O3S/c1-14-6-7-15(10-21(14)43-2)23(40)36-13-17-11-20-16(12-35-17)8-9-19(37-20)18-4-3-5-22(38-18)39-24(28,29)25(30,31)42-26(32,33)27(39,34)41/h3-12,41H,13H2,1-2H3,(H,36,40). The second-order valence-electron chi connectivity index (χ2n) is 10.4. The van der Waals surface area contributed by atoms with Crippen LogP contribution in [0.1, 0.15) is 21.6 Å². The van der Waals surface area contributed by atoms with Crippen molar-refractivity contribution in [2.75, 3.05) is 11.2 Å². The molecule has 0 aliphatic carbocycles. The third-order valence-corrected chi connectivity index (χ3v) is 8.09. The Balaban J connectivity index is 1.43. The molecule has 43 heavy (non-hydrogen) atoms. The van der Waals surface area contributed by atoms with Gasteiger partial charge in [0.1, 0.15) is 50.7 Å². The van der Waals surface area contributed by atoms with Gasteiger partial charge >= 0.3 is 0 Å². The number of carbonyl (C=O) groups is 1. The zero-order valence-corrected chi connectivity index (χ0v) is 24.3. The number of amides is 1. The van der Waals surface area contributed by atoms with Crippen molar-refractivity contribution in [3.05, 3.63) is 77.6 Å². The first-order valence-corrected chi connectivity index (χ1v) is 14.2. The third kappa shape index (κ3) is 5.65. The summed E-state index contributed by atoms with van der Waals surface area (Å²) in [6, 6.07) is 15.6. The molecular formula is C27H20B7N5O3S. The molecule has 14 radical (unpaired) electrons. The topological polar surface area (TPSA) is 100 Å². The number of pyridine rings is 3. The van der Waals surface area contributed by atoms with Crippen LogP contribution in [-0.2, 0) is 11.3 Å². The first-order valence-electron chi connectivity index (χ1n) is 13.0. The minimum absolute atomic E-state index is 0.0582. The van der Waals surface area contributed by atoms with Crippen molar-refractivity contribution >= 4 is 89.3 Å². The second-order valence-corrected chi connectivity index (χ2v) is 11.2. The number of thioether (sulfide) groups is 1. The molecule has 1 amide bonds. The monoisotopic (exact) mass is 571 g/mol. The van der Waals surface area contributed by atoms with Crippen LogP contribution in [0.2, 0.25) is 0 Å². The molecule has 1 aliphatic heterocycles. The van der Waals surface area contributed by atoms with Crippen LogP contribution in [0.25, 0.3) is 22.3 Å². The van der Waals surface area contributed by atoms with Crippen LogP contribution < -0.4 is 10.2 Å². The molecule has 1 saturated heterocycles. The van der Waals surface area contributed by atoms with E-state index in [1.165, 1.54) is 6.07 Å². The third-order valence-electron chi connectivity index (χ3n) is 7.21. The molecule has 1 unspecified atom stereocenters. The summed E-state index contributed by atoms with van der Waals surface area (Å²) in [7, 11) is 42.2. The van der Waals surface area contributed by atoms with Gasteiger partial charge in [0.05, 0.1) is 44.8 Å². The van der Waals surface area contributed by atoms with E-state index in [2.05, 4.69) is 15.3 Å². The van der Waals surface area contributed by atoms with Gasteiger partial charge in [-0.05, 0) is 71.9 Å². The number of ether oxygens (including phenoxy) is 1. The minimum Gasteiger partial charge on any atom is -0.402 e. The second kappa shape index (κ2) is 11.1. The number of morpholine rings is 1. The lowest BCUT2D eigenvalue weighted by Crippen LogP contribution is -2.86. The van der Waals surface area contributed by atoms with E-state index in [9.17, 15) is 9.90 Å². The molecule has 8 nitrogen and oxygen atoms in total. The lowest BCUT2D eigenvalue weighted by atomic mass is 9.35. The van der Waals surface area contributed by atoms with Crippen molar-refractivity contribution in [1.82, 2.24) is 20.3 Å². The average Bonchev–Trinajstić information content (AvgIpc) is 2.94. The van der Waals surface area contributed by atoms with Gasteiger partial charge in [-0.2, -0.15) is 0 Å². The molecule has 1 aliphatic rings. The quantitative estimate of drug-likeness (QED) is 0.252. The van der Waals surface area contributed by atoms with E-state index in [1.807, 2.05) is 31.4 Å². The van der Waals surface area contributed by atoms with Crippen molar-refractivity contribution in [3.63, 3.8) is 0 Å². The fourth-order valence-corrected chi connectivity index (χ4v) is 5.29. The first kappa shape index (κ1) is 31.4. The van der Waals surface area contributed by atoms with E-state index in [0.29, 0.717) is 28.2 Å². The largest absolute Gasteiger partial charge is 0.402 e. The lowest BCUT2D eigenvalue weighted by molar-refractivity contribution is -0.115. The van der Waals surface area contributed by atoms with E-state index < -0.39 is 21.8 Å². The summed E-state index contributed by atoms with van der Waals surface area (Å²) in [4.78, 5) is 28.3. The average molecular weight is 570 g/mol. The zero-order chi connectivity index (χ0) is 31.4. The number of carbonyl (C=O) groups excluding carboxylic acids is 1. The summed E-state index contributed by atoms with van der Waals surface area (Å²) in [6.07, 6.45) is 3.63. The fourth-order valence-electron chi connectivity index (χ4n) is 4.65. The van der Waals surface area contributed by atoms with Gasteiger partial charge in [0.2, 0.25) is 0 Å². The van der Waals surface area contributed by atoms with Crippen molar-refractivity contribution < 1.29 is 14.6 Å². The Morgan fingerprint density at radius 1 is 0.977 bits per heavy atom. The Hall–Kier alpha value is -3.08. The molecule has 3 aromatic heterocycles. The van der Waals surface area contributed by atoms with Crippen LogP contribution in [0.5, 0.6) is 0 Å². The molecule has 4 aromatic rings. The number of aryl methyl sites for hydroxylation is 1. The zero-order valence-electron chi connectivity index (χ0n) is 23.5. The fraction of sp³-hybridized carbons (Fsp3) is 0.259. The Bertz CT molecular complexity index is 1700. The SMILES string of the molecule is [B]C1([B])OC([B])([B])C([B])(O)N(c2cccc(-c3ccc4cnc(CNC(=O)c5ccc(C)c(SC)c5)cc4n3)n2)C1([B])[B]. The highest BCUT2D eigenvalue weighted by Crippen LogP contribution is 2.42. The molecular weight excluding hydrogens is 550 g/mol. The van der Waals surface area contributed by atoms with E-state index in [1.54, 1.807) is 48.3 Å². The van der Waals surface area contributed by atoms with Gasteiger partial charge in [-0.3, -0.25) is 9.78 Å². The number of aliphatic hydroxyl groups is 1. The Morgan fingerprint density at radius 2 is 1.70 bits per heavy atom. The van der Waals surface area contributed by atoms with Crippen molar-refractivity contribution in [2.45, 2.75) is 40.1 Å². The number of nitrogens with zero attached hydrogens (tertiary/aromatic N) is 4. The van der Waals surface area contributed by atoms with E-state index in [0.717, 1.165) is 20.7 Å². The number of anilines is 1.